The van der Waals surface area contributed by atoms with Crippen molar-refractivity contribution < 1.29 is 14.2 Å². The first-order valence-electron chi connectivity index (χ1n) is 11.6. The Labute approximate surface area is 187 Å². The summed E-state index contributed by atoms with van der Waals surface area (Å²) in [4.78, 5) is 6.95. The van der Waals surface area contributed by atoms with Crippen LogP contribution in [0.2, 0.25) is 0 Å². The van der Waals surface area contributed by atoms with Gasteiger partial charge in [-0.15, -0.1) is 0 Å². The summed E-state index contributed by atoms with van der Waals surface area (Å²) in [6.45, 7) is 11.6. The van der Waals surface area contributed by atoms with Crippen molar-refractivity contribution in [2.24, 2.45) is 10.9 Å². The number of benzene rings is 1. The van der Waals surface area contributed by atoms with E-state index in [9.17, 15) is 0 Å². The highest BCUT2D eigenvalue weighted by Gasteiger charge is 2.34. The number of hydrogen-bond donors (Lipinski definition) is 2. The Morgan fingerprint density at radius 1 is 1.19 bits per heavy atom. The van der Waals surface area contributed by atoms with Crippen molar-refractivity contribution in [2.75, 3.05) is 66.7 Å². The van der Waals surface area contributed by atoms with Crippen LogP contribution in [0.4, 0.5) is 0 Å². The lowest BCUT2D eigenvalue weighted by atomic mass is 9.74. The summed E-state index contributed by atoms with van der Waals surface area (Å²) in [5, 5.41) is 7.05. The van der Waals surface area contributed by atoms with Crippen LogP contribution in [0.15, 0.2) is 29.3 Å². The lowest BCUT2D eigenvalue weighted by Gasteiger charge is -2.38. The zero-order valence-electron chi connectivity index (χ0n) is 19.7. The van der Waals surface area contributed by atoms with E-state index in [2.05, 4.69) is 46.5 Å². The predicted molar refractivity (Wildman–Crippen MR) is 125 cm³/mol. The van der Waals surface area contributed by atoms with Crippen LogP contribution in [0, 0.1) is 5.92 Å². The van der Waals surface area contributed by atoms with Crippen LogP contribution in [0.1, 0.15) is 32.3 Å². The minimum atomic E-state index is 0.0253. The van der Waals surface area contributed by atoms with Gasteiger partial charge in [0.05, 0.1) is 19.8 Å². The smallest absolute Gasteiger partial charge is 0.191 e. The van der Waals surface area contributed by atoms with Crippen molar-refractivity contribution in [2.45, 2.75) is 38.2 Å². The number of guanidine groups is 1. The molecule has 2 aliphatic heterocycles. The first kappa shape index (κ1) is 23.8. The van der Waals surface area contributed by atoms with Crippen LogP contribution in [0.5, 0.6) is 5.75 Å². The monoisotopic (exact) mass is 432 g/mol. The fourth-order valence-corrected chi connectivity index (χ4v) is 4.54. The molecule has 0 aliphatic carbocycles. The van der Waals surface area contributed by atoms with E-state index in [1.165, 1.54) is 5.56 Å². The van der Waals surface area contributed by atoms with E-state index in [0.29, 0.717) is 5.92 Å². The SMILES string of the molecule is CN=C(NCC1CN(CC(C)C)CCO1)NCC1(c2ccc(OC)cc2)CCOCC1. The predicted octanol–water partition coefficient (Wildman–Crippen LogP) is 2.27. The number of ether oxygens (including phenoxy) is 3. The van der Waals surface area contributed by atoms with E-state index in [1.54, 1.807) is 7.11 Å². The average Bonchev–Trinajstić information content (AvgIpc) is 2.79. The first-order valence-corrected chi connectivity index (χ1v) is 11.6. The number of aliphatic imine (C=N–C) groups is 1. The molecule has 2 fully saturated rings. The van der Waals surface area contributed by atoms with Gasteiger partial charge in [0, 0.05) is 58.4 Å². The fourth-order valence-electron chi connectivity index (χ4n) is 4.54. The van der Waals surface area contributed by atoms with E-state index in [0.717, 1.165) is 77.1 Å². The van der Waals surface area contributed by atoms with Crippen LogP contribution in [0.25, 0.3) is 0 Å². The number of hydrogen-bond acceptors (Lipinski definition) is 5. The van der Waals surface area contributed by atoms with Crippen molar-refractivity contribution in [3.8, 4) is 5.75 Å². The van der Waals surface area contributed by atoms with Crippen molar-refractivity contribution in [1.82, 2.24) is 15.5 Å². The van der Waals surface area contributed by atoms with E-state index in [-0.39, 0.29) is 11.5 Å². The molecule has 31 heavy (non-hydrogen) atoms. The number of nitrogens with one attached hydrogen (secondary N) is 2. The maximum absolute atomic E-state index is 5.97. The Morgan fingerprint density at radius 2 is 1.94 bits per heavy atom. The Kier molecular flexibility index (Phi) is 8.99. The zero-order valence-corrected chi connectivity index (χ0v) is 19.7. The largest absolute Gasteiger partial charge is 0.497 e. The first-order chi connectivity index (χ1) is 15.0. The highest BCUT2D eigenvalue weighted by atomic mass is 16.5. The number of nitrogens with zero attached hydrogens (tertiary/aromatic N) is 2. The molecule has 0 radical (unpaired) electrons. The van der Waals surface area contributed by atoms with Crippen molar-refractivity contribution in [3.05, 3.63) is 29.8 Å². The molecule has 174 valence electrons. The summed E-state index contributed by atoms with van der Waals surface area (Å²) in [6.07, 6.45) is 2.16. The van der Waals surface area contributed by atoms with Gasteiger partial charge >= 0.3 is 0 Å². The molecule has 3 rings (SSSR count). The average molecular weight is 433 g/mol. The van der Waals surface area contributed by atoms with Crippen LogP contribution in [0.3, 0.4) is 0 Å². The highest BCUT2D eigenvalue weighted by Crippen LogP contribution is 2.35. The summed E-state index contributed by atoms with van der Waals surface area (Å²) in [5.74, 6) is 2.38. The second-order valence-corrected chi connectivity index (χ2v) is 9.07. The van der Waals surface area contributed by atoms with Crippen LogP contribution in [-0.2, 0) is 14.9 Å². The van der Waals surface area contributed by atoms with E-state index in [4.69, 9.17) is 14.2 Å². The van der Waals surface area contributed by atoms with Crippen LogP contribution >= 0.6 is 0 Å². The van der Waals surface area contributed by atoms with Crippen LogP contribution in [-0.4, -0.2) is 83.7 Å². The molecule has 1 atom stereocenters. The second kappa shape index (κ2) is 11.7. The summed E-state index contributed by atoms with van der Waals surface area (Å²) in [7, 11) is 3.53. The van der Waals surface area contributed by atoms with Gasteiger partial charge in [0.15, 0.2) is 5.96 Å². The van der Waals surface area contributed by atoms with Crippen molar-refractivity contribution in [1.29, 1.82) is 0 Å². The van der Waals surface area contributed by atoms with E-state index in [1.807, 2.05) is 19.2 Å². The summed E-state index contributed by atoms with van der Waals surface area (Å²) >= 11 is 0. The van der Waals surface area contributed by atoms with Crippen LogP contribution < -0.4 is 15.4 Å². The van der Waals surface area contributed by atoms with Gasteiger partial charge in [-0.3, -0.25) is 9.89 Å². The molecule has 7 nitrogen and oxygen atoms in total. The van der Waals surface area contributed by atoms with Crippen molar-refractivity contribution in [3.63, 3.8) is 0 Å². The molecule has 0 amide bonds. The molecule has 0 bridgehead atoms. The molecule has 1 aromatic carbocycles. The van der Waals surface area contributed by atoms with Gasteiger partial charge in [0.2, 0.25) is 0 Å². The van der Waals surface area contributed by atoms with E-state index < -0.39 is 0 Å². The quantitative estimate of drug-likeness (QED) is 0.485. The van der Waals surface area contributed by atoms with Gasteiger partial charge in [-0.2, -0.15) is 0 Å². The number of morpholine rings is 1. The lowest BCUT2D eigenvalue weighted by molar-refractivity contribution is -0.0284. The summed E-state index contributed by atoms with van der Waals surface area (Å²) in [6, 6.07) is 8.45. The van der Waals surface area contributed by atoms with Gasteiger partial charge in [-0.05, 0) is 36.5 Å². The third-order valence-electron chi connectivity index (χ3n) is 6.31. The molecule has 7 heteroatoms. The number of rotatable bonds is 8. The molecule has 1 unspecified atom stereocenters. The molecule has 2 saturated heterocycles. The molecule has 0 saturated carbocycles. The minimum absolute atomic E-state index is 0.0253. The topological polar surface area (TPSA) is 67.4 Å². The molecule has 2 N–H and O–H groups in total. The summed E-state index contributed by atoms with van der Waals surface area (Å²) in [5.41, 5.74) is 1.34. The highest BCUT2D eigenvalue weighted by molar-refractivity contribution is 5.79. The number of methoxy groups -OCH3 is 1. The lowest BCUT2D eigenvalue weighted by Crippen LogP contribution is -2.52. The Bertz CT molecular complexity index is 687. The Hall–Kier alpha value is -1.83. The molecular weight excluding hydrogens is 392 g/mol. The maximum atomic E-state index is 5.97. The molecular formula is C24H40N4O3. The van der Waals surface area contributed by atoms with Gasteiger partial charge < -0.3 is 24.8 Å². The third kappa shape index (κ3) is 6.82. The molecule has 2 heterocycles. The van der Waals surface area contributed by atoms with Gasteiger partial charge in [-0.25, -0.2) is 0 Å². The van der Waals surface area contributed by atoms with Gasteiger partial charge in [0.1, 0.15) is 5.75 Å². The normalized spacial score (nSPS) is 22.4. The molecule has 2 aliphatic rings. The Morgan fingerprint density at radius 3 is 2.58 bits per heavy atom. The fraction of sp³-hybridized carbons (Fsp3) is 0.708. The molecule has 0 spiro atoms. The second-order valence-electron chi connectivity index (χ2n) is 9.07. The maximum Gasteiger partial charge on any atom is 0.191 e. The van der Waals surface area contributed by atoms with Gasteiger partial charge in [-0.1, -0.05) is 26.0 Å². The summed E-state index contributed by atoms with van der Waals surface area (Å²) < 4.78 is 17.0. The Balaban J connectivity index is 1.56. The third-order valence-corrected chi connectivity index (χ3v) is 6.31. The zero-order chi connectivity index (χ0) is 22.1. The van der Waals surface area contributed by atoms with E-state index >= 15 is 0 Å². The standard InChI is InChI=1S/C24H40N4O3/c1-19(2)16-28-11-14-31-22(17-28)15-26-23(25-3)27-18-24(9-12-30-13-10-24)20-5-7-21(29-4)8-6-20/h5-8,19,22H,9-18H2,1-4H3,(H2,25,26,27). The minimum Gasteiger partial charge on any atom is -0.497 e. The van der Waals surface area contributed by atoms with Crippen molar-refractivity contribution >= 4 is 5.96 Å². The molecule has 0 aromatic heterocycles. The van der Waals surface area contributed by atoms with Gasteiger partial charge in [0.25, 0.3) is 0 Å². The molecule has 1 aromatic rings.